The highest BCUT2D eigenvalue weighted by Gasteiger charge is 2.37. The van der Waals surface area contributed by atoms with Crippen molar-refractivity contribution in [3.05, 3.63) is 59.3 Å². The van der Waals surface area contributed by atoms with Gasteiger partial charge in [0.1, 0.15) is 6.17 Å². The van der Waals surface area contributed by atoms with Gasteiger partial charge < -0.3 is 33.5 Å². The van der Waals surface area contributed by atoms with E-state index in [1.165, 1.54) is 30.8 Å². The molecule has 0 radical (unpaired) electrons. The summed E-state index contributed by atoms with van der Waals surface area (Å²) < 4.78 is 27.5. The quantitative estimate of drug-likeness (QED) is 0.260. The van der Waals surface area contributed by atoms with Crippen LogP contribution in [0.5, 0.6) is 23.0 Å². The highest BCUT2D eigenvalue weighted by molar-refractivity contribution is 5.74. The molecule has 0 fully saturated rings. The molecule has 0 amide bonds. The van der Waals surface area contributed by atoms with Gasteiger partial charge in [-0.1, -0.05) is 26.8 Å². The molecule has 2 aromatic rings. The van der Waals surface area contributed by atoms with Crippen LogP contribution in [-0.4, -0.2) is 88.9 Å². The van der Waals surface area contributed by atoms with Crippen LogP contribution in [0.2, 0.25) is 0 Å². The fourth-order valence-electron chi connectivity index (χ4n) is 6.07. The average molecular weight is 610 g/mol. The maximum absolute atomic E-state index is 12.4. The standard InChI is InChI=1S/C29H36N2O6.C6H15N/c1-6-37-29(32)18-28-30-12-7-13-31(28)23-10-9-20-16-26(35-4)27(36-5)17-21(20)22(23)14-19-8-11-24(33-2)25(15-19)34-3;1-4-7(5-2)6-3/h7-8,11-13,15-17,22-23,28H,6,9-10,14,18H2,1-5H3;4-6H2,1-3H3. The summed E-state index contributed by atoms with van der Waals surface area (Å²) in [5.41, 5.74) is 3.58. The normalized spacial score (nSPS) is 18.7. The van der Waals surface area contributed by atoms with Crippen LogP contribution in [0, 0.1) is 0 Å². The molecule has 1 heterocycles. The first kappa shape index (κ1) is 34.8. The number of benzene rings is 2. The molecular formula is C35H51N3O6. The maximum atomic E-state index is 12.4. The van der Waals surface area contributed by atoms with Crippen molar-refractivity contribution >= 4 is 12.2 Å². The largest absolute Gasteiger partial charge is 0.493 e. The summed E-state index contributed by atoms with van der Waals surface area (Å²) in [5, 5.41) is 0. The monoisotopic (exact) mass is 609 g/mol. The van der Waals surface area contributed by atoms with Gasteiger partial charge in [0.2, 0.25) is 0 Å². The van der Waals surface area contributed by atoms with Gasteiger partial charge in [-0.3, -0.25) is 9.79 Å². The van der Waals surface area contributed by atoms with E-state index in [-0.39, 0.29) is 30.5 Å². The smallest absolute Gasteiger partial charge is 0.309 e. The van der Waals surface area contributed by atoms with Gasteiger partial charge in [-0.2, -0.15) is 0 Å². The molecule has 2 aromatic carbocycles. The van der Waals surface area contributed by atoms with Crippen molar-refractivity contribution in [2.45, 2.75) is 71.5 Å². The van der Waals surface area contributed by atoms with Gasteiger partial charge in [0.15, 0.2) is 23.0 Å². The molecule has 44 heavy (non-hydrogen) atoms. The van der Waals surface area contributed by atoms with E-state index in [2.05, 4.69) is 60.0 Å². The Balaban J connectivity index is 0.000000676. The molecule has 2 aliphatic rings. The van der Waals surface area contributed by atoms with Crippen molar-refractivity contribution in [2.24, 2.45) is 4.99 Å². The van der Waals surface area contributed by atoms with Gasteiger partial charge in [0.25, 0.3) is 0 Å². The summed E-state index contributed by atoms with van der Waals surface area (Å²) in [6, 6.07) is 10.3. The fourth-order valence-corrected chi connectivity index (χ4v) is 6.07. The molecule has 3 unspecified atom stereocenters. The minimum atomic E-state index is -0.316. The second-order valence-electron chi connectivity index (χ2n) is 10.7. The minimum Gasteiger partial charge on any atom is -0.493 e. The Kier molecular flexibility index (Phi) is 13.9. The Morgan fingerprint density at radius 2 is 1.52 bits per heavy atom. The molecule has 0 aromatic heterocycles. The number of carbonyl (C=O) groups excluding carboxylic acids is 1. The molecule has 9 nitrogen and oxygen atoms in total. The lowest BCUT2D eigenvalue weighted by Crippen LogP contribution is -2.46. The van der Waals surface area contributed by atoms with Crippen LogP contribution in [0.25, 0.3) is 0 Å². The van der Waals surface area contributed by atoms with Crippen molar-refractivity contribution in [2.75, 3.05) is 54.7 Å². The first-order chi connectivity index (χ1) is 21.4. The lowest BCUT2D eigenvalue weighted by atomic mass is 9.75. The number of ether oxygens (including phenoxy) is 5. The van der Waals surface area contributed by atoms with E-state index >= 15 is 0 Å². The lowest BCUT2D eigenvalue weighted by molar-refractivity contribution is -0.144. The molecule has 4 rings (SSSR count). The first-order valence-corrected chi connectivity index (χ1v) is 15.7. The molecule has 1 aliphatic heterocycles. The number of aryl methyl sites for hydroxylation is 1. The van der Waals surface area contributed by atoms with Crippen LogP contribution >= 0.6 is 0 Å². The number of esters is 1. The molecule has 0 bridgehead atoms. The topological polar surface area (TPSA) is 82.1 Å². The molecule has 1 aliphatic carbocycles. The predicted octanol–water partition coefficient (Wildman–Crippen LogP) is 5.89. The number of fused-ring (bicyclic) bond motifs is 1. The number of rotatable bonds is 13. The third-order valence-corrected chi connectivity index (χ3v) is 8.45. The van der Waals surface area contributed by atoms with Gasteiger partial charge >= 0.3 is 5.97 Å². The van der Waals surface area contributed by atoms with E-state index in [0.717, 1.165) is 30.6 Å². The van der Waals surface area contributed by atoms with E-state index in [1.807, 2.05) is 25.1 Å². The predicted molar refractivity (Wildman–Crippen MR) is 176 cm³/mol. The Labute approximate surface area is 263 Å². The van der Waals surface area contributed by atoms with E-state index in [0.29, 0.717) is 23.9 Å². The molecule has 0 spiro atoms. The summed E-state index contributed by atoms with van der Waals surface area (Å²) in [5.74, 6) is 2.68. The first-order valence-electron chi connectivity index (χ1n) is 15.7. The van der Waals surface area contributed by atoms with Gasteiger partial charge in [-0.05, 0) is 92.9 Å². The number of nitrogens with zero attached hydrogens (tertiary/aromatic N) is 3. The second-order valence-corrected chi connectivity index (χ2v) is 10.7. The van der Waals surface area contributed by atoms with E-state index in [4.69, 9.17) is 23.7 Å². The van der Waals surface area contributed by atoms with E-state index in [1.54, 1.807) is 34.7 Å². The van der Waals surface area contributed by atoms with Crippen LogP contribution < -0.4 is 18.9 Å². The van der Waals surface area contributed by atoms with Gasteiger partial charge in [-0.15, -0.1) is 0 Å². The number of methoxy groups -OCH3 is 4. The van der Waals surface area contributed by atoms with Crippen LogP contribution in [0.15, 0.2) is 47.6 Å². The maximum Gasteiger partial charge on any atom is 0.309 e. The van der Waals surface area contributed by atoms with Crippen LogP contribution in [-0.2, 0) is 22.4 Å². The third-order valence-electron chi connectivity index (χ3n) is 8.45. The van der Waals surface area contributed by atoms with Crippen molar-refractivity contribution in [3.63, 3.8) is 0 Å². The molecular weight excluding hydrogens is 558 g/mol. The number of hydrogen-bond donors (Lipinski definition) is 0. The Morgan fingerprint density at radius 3 is 2.11 bits per heavy atom. The average Bonchev–Trinajstić information content (AvgIpc) is 3.05. The van der Waals surface area contributed by atoms with Gasteiger partial charge in [0, 0.05) is 24.4 Å². The third kappa shape index (κ3) is 8.68. The van der Waals surface area contributed by atoms with Crippen LogP contribution in [0.4, 0.5) is 0 Å². The van der Waals surface area contributed by atoms with Crippen LogP contribution in [0.3, 0.4) is 0 Å². The summed E-state index contributed by atoms with van der Waals surface area (Å²) in [7, 11) is 6.60. The van der Waals surface area contributed by atoms with Crippen molar-refractivity contribution in [1.82, 2.24) is 9.80 Å². The number of hydrogen-bond acceptors (Lipinski definition) is 9. The van der Waals surface area contributed by atoms with Gasteiger partial charge in [0.05, 0.1) is 41.5 Å². The van der Waals surface area contributed by atoms with Crippen LogP contribution in [0.1, 0.15) is 63.1 Å². The lowest BCUT2D eigenvalue weighted by Gasteiger charge is -2.44. The zero-order valence-corrected chi connectivity index (χ0v) is 27.8. The van der Waals surface area contributed by atoms with Crippen molar-refractivity contribution < 1.29 is 28.5 Å². The second kappa shape index (κ2) is 17.5. The molecule has 3 atom stereocenters. The summed E-state index contributed by atoms with van der Waals surface area (Å²) in [6.45, 7) is 12.3. The van der Waals surface area contributed by atoms with Crippen molar-refractivity contribution in [3.8, 4) is 23.0 Å². The number of allylic oxidation sites excluding steroid dienone is 1. The summed E-state index contributed by atoms with van der Waals surface area (Å²) in [6.07, 6.45) is 8.16. The summed E-state index contributed by atoms with van der Waals surface area (Å²) in [4.78, 5) is 21.6. The molecule has 242 valence electrons. The SMILES string of the molecule is CCN(CC)CC.CCOC(=O)CC1N=CC=CN1C1CCc2cc(OC)c(OC)cc2C1Cc1ccc(OC)c(OC)c1. The highest BCUT2D eigenvalue weighted by Crippen LogP contribution is 2.44. The molecule has 9 heteroatoms. The Hall–Kier alpha value is -3.72. The summed E-state index contributed by atoms with van der Waals surface area (Å²) >= 11 is 0. The van der Waals surface area contributed by atoms with Crippen molar-refractivity contribution in [1.29, 1.82) is 0 Å². The molecule has 0 saturated heterocycles. The zero-order valence-electron chi connectivity index (χ0n) is 27.8. The molecule has 0 saturated carbocycles. The Morgan fingerprint density at radius 1 is 0.886 bits per heavy atom. The minimum absolute atomic E-state index is 0.101. The number of aliphatic imine (C=N–C) groups is 1. The van der Waals surface area contributed by atoms with E-state index in [9.17, 15) is 4.79 Å². The number of carbonyl (C=O) groups is 1. The molecule has 0 N–H and O–H groups in total. The van der Waals surface area contributed by atoms with E-state index < -0.39 is 0 Å². The Bertz CT molecular complexity index is 1250. The van der Waals surface area contributed by atoms with Gasteiger partial charge in [-0.25, -0.2) is 0 Å². The highest BCUT2D eigenvalue weighted by atomic mass is 16.5. The fraction of sp³-hybridized carbons (Fsp3) is 0.543. The zero-order chi connectivity index (χ0) is 32.1.